The van der Waals surface area contributed by atoms with Gasteiger partial charge in [0.2, 0.25) is 0 Å². The Morgan fingerprint density at radius 1 is 1.16 bits per heavy atom. The molecule has 7 nitrogen and oxygen atoms in total. The highest BCUT2D eigenvalue weighted by atomic mass is 16.3. The Hall–Kier alpha value is -2.28. The summed E-state index contributed by atoms with van der Waals surface area (Å²) < 4.78 is 8.08. The Balaban J connectivity index is 1.26. The summed E-state index contributed by atoms with van der Waals surface area (Å²) in [7, 11) is 0. The summed E-state index contributed by atoms with van der Waals surface area (Å²) in [4.78, 5) is 7.16. The van der Waals surface area contributed by atoms with Crippen molar-refractivity contribution in [3.05, 3.63) is 35.5 Å². The zero-order valence-electron chi connectivity index (χ0n) is 14.4. The number of para-hydroxylation sites is 1. The van der Waals surface area contributed by atoms with Crippen molar-refractivity contribution >= 4 is 11.1 Å². The second-order valence-corrected chi connectivity index (χ2v) is 7.30. The van der Waals surface area contributed by atoms with Gasteiger partial charge < -0.3 is 4.42 Å². The van der Waals surface area contributed by atoms with E-state index in [4.69, 9.17) is 9.40 Å². The average molecular weight is 338 g/mol. The largest absolute Gasteiger partial charge is 0.440 e. The van der Waals surface area contributed by atoms with Crippen LogP contribution < -0.4 is 0 Å². The Morgan fingerprint density at radius 2 is 2.00 bits per heavy atom. The number of aryl methyl sites for hydroxylation is 1. The predicted octanol–water partition coefficient (Wildman–Crippen LogP) is 2.84. The third-order valence-corrected chi connectivity index (χ3v) is 5.38. The van der Waals surface area contributed by atoms with E-state index in [0.717, 1.165) is 60.9 Å². The van der Waals surface area contributed by atoms with E-state index < -0.39 is 0 Å². The predicted molar refractivity (Wildman–Crippen MR) is 92.1 cm³/mol. The summed E-state index contributed by atoms with van der Waals surface area (Å²) in [5.74, 6) is 2.30. The molecule has 5 rings (SSSR count). The van der Waals surface area contributed by atoms with Gasteiger partial charge in [0.1, 0.15) is 5.52 Å². The molecule has 1 aromatic carbocycles. The molecule has 2 aliphatic rings. The molecule has 0 N–H and O–H groups in total. The molecule has 0 radical (unpaired) electrons. The molecule has 0 amide bonds. The molecule has 3 aromatic rings. The summed E-state index contributed by atoms with van der Waals surface area (Å²) in [5.41, 5.74) is 3.06. The lowest BCUT2D eigenvalue weighted by atomic mass is 9.97. The molecule has 0 atom stereocenters. The van der Waals surface area contributed by atoms with Crippen molar-refractivity contribution < 1.29 is 4.42 Å². The highest BCUT2D eigenvalue weighted by Crippen LogP contribution is 2.35. The highest BCUT2D eigenvalue weighted by molar-refractivity contribution is 5.76. The summed E-state index contributed by atoms with van der Waals surface area (Å²) in [6.45, 7) is 4.96. The van der Waals surface area contributed by atoms with E-state index >= 15 is 0 Å². The Bertz CT molecular complexity index is 888. The van der Waals surface area contributed by atoms with Gasteiger partial charge in [-0.1, -0.05) is 12.1 Å². The van der Waals surface area contributed by atoms with Crippen molar-refractivity contribution in [2.75, 3.05) is 13.1 Å². The fraction of sp³-hybridized carbons (Fsp3) is 0.556. The fourth-order valence-electron chi connectivity index (χ4n) is 3.74. The first-order chi connectivity index (χ1) is 12.3. The van der Waals surface area contributed by atoms with Gasteiger partial charge in [-0.3, -0.25) is 4.90 Å². The molecule has 0 unspecified atom stereocenters. The van der Waals surface area contributed by atoms with Gasteiger partial charge in [-0.2, -0.15) is 0 Å². The topological polar surface area (TPSA) is 72.9 Å². The lowest BCUT2D eigenvalue weighted by Crippen LogP contribution is -2.33. The lowest BCUT2D eigenvalue weighted by Gasteiger charge is -2.29. The van der Waals surface area contributed by atoms with E-state index in [0.29, 0.717) is 12.0 Å². The minimum atomic E-state index is 0.405. The van der Waals surface area contributed by atoms with Crippen LogP contribution in [0.25, 0.3) is 11.1 Å². The van der Waals surface area contributed by atoms with Crippen molar-refractivity contribution in [2.45, 2.75) is 51.1 Å². The Labute approximate surface area is 146 Å². The number of hydrogen-bond acceptors (Lipinski definition) is 6. The monoisotopic (exact) mass is 338 g/mol. The molecule has 1 aliphatic heterocycles. The van der Waals surface area contributed by atoms with Crippen LogP contribution in [0.15, 0.2) is 22.6 Å². The zero-order chi connectivity index (χ0) is 16.8. The summed E-state index contributed by atoms with van der Waals surface area (Å²) in [6, 6.07) is 6.67. The molecule has 3 heterocycles. The van der Waals surface area contributed by atoms with Gasteiger partial charge in [0.15, 0.2) is 17.3 Å². The minimum absolute atomic E-state index is 0.405. The van der Waals surface area contributed by atoms with Crippen LogP contribution in [-0.4, -0.2) is 43.2 Å². The van der Waals surface area contributed by atoms with Crippen molar-refractivity contribution in [1.29, 1.82) is 0 Å². The fourth-order valence-corrected chi connectivity index (χ4v) is 3.74. The number of nitrogens with zero attached hydrogens (tertiary/aromatic N) is 6. The van der Waals surface area contributed by atoms with E-state index in [2.05, 4.69) is 33.4 Å². The number of hydrogen-bond donors (Lipinski definition) is 0. The first-order valence-corrected chi connectivity index (χ1v) is 9.13. The van der Waals surface area contributed by atoms with Crippen molar-refractivity contribution in [3.8, 4) is 0 Å². The lowest BCUT2D eigenvalue weighted by molar-refractivity contribution is 0.187. The molecule has 2 aromatic heterocycles. The minimum Gasteiger partial charge on any atom is -0.440 e. The highest BCUT2D eigenvalue weighted by Gasteiger charge is 2.30. The number of piperidine rings is 1. The maximum Gasteiger partial charge on any atom is 0.198 e. The number of benzene rings is 1. The summed E-state index contributed by atoms with van der Waals surface area (Å²) in [6.07, 6.45) is 4.54. The van der Waals surface area contributed by atoms with Gasteiger partial charge in [0.25, 0.3) is 0 Å². The SMILES string of the molecule is Cc1cccc2nc(C3CCN(Cc4nnnn4C4CC4)CC3)oc12. The number of likely N-dealkylation sites (tertiary alicyclic amines) is 1. The molecule has 1 saturated heterocycles. The third-order valence-electron chi connectivity index (χ3n) is 5.38. The standard InChI is InChI=1S/C18H22N6O/c1-12-3-2-4-15-17(12)25-18(19-15)13-7-9-23(10-8-13)11-16-20-21-22-24(16)14-5-6-14/h2-4,13-14H,5-11H2,1H3. The van der Waals surface area contributed by atoms with Gasteiger partial charge in [-0.25, -0.2) is 9.67 Å². The van der Waals surface area contributed by atoms with Crippen molar-refractivity contribution in [3.63, 3.8) is 0 Å². The van der Waals surface area contributed by atoms with Crippen molar-refractivity contribution in [2.24, 2.45) is 0 Å². The van der Waals surface area contributed by atoms with Gasteiger partial charge in [0.05, 0.1) is 12.6 Å². The van der Waals surface area contributed by atoms with Crippen LogP contribution in [0, 0.1) is 6.92 Å². The normalized spacial score (nSPS) is 19.7. The van der Waals surface area contributed by atoms with Gasteiger partial charge in [0, 0.05) is 5.92 Å². The van der Waals surface area contributed by atoms with Crippen LogP contribution in [-0.2, 0) is 6.54 Å². The summed E-state index contributed by atoms with van der Waals surface area (Å²) in [5, 5.41) is 12.2. The first kappa shape index (κ1) is 15.0. The van der Waals surface area contributed by atoms with Gasteiger partial charge >= 0.3 is 0 Å². The van der Waals surface area contributed by atoms with E-state index in [1.54, 1.807) is 0 Å². The number of rotatable bonds is 4. The number of tetrazole rings is 1. The van der Waals surface area contributed by atoms with Crippen LogP contribution in [0.5, 0.6) is 0 Å². The zero-order valence-corrected chi connectivity index (χ0v) is 14.4. The van der Waals surface area contributed by atoms with E-state index in [1.807, 2.05) is 16.8 Å². The molecule has 7 heteroatoms. The third kappa shape index (κ3) is 2.82. The van der Waals surface area contributed by atoms with Crippen LogP contribution >= 0.6 is 0 Å². The van der Waals surface area contributed by atoms with E-state index in [-0.39, 0.29) is 0 Å². The van der Waals surface area contributed by atoms with Crippen LogP contribution in [0.2, 0.25) is 0 Å². The van der Waals surface area contributed by atoms with Gasteiger partial charge in [-0.05, 0) is 67.8 Å². The smallest absolute Gasteiger partial charge is 0.198 e. The molecular weight excluding hydrogens is 316 g/mol. The van der Waals surface area contributed by atoms with Crippen LogP contribution in [0.1, 0.15) is 54.9 Å². The molecule has 1 aliphatic carbocycles. The Morgan fingerprint density at radius 3 is 2.76 bits per heavy atom. The number of aromatic nitrogens is 5. The van der Waals surface area contributed by atoms with Gasteiger partial charge in [-0.15, -0.1) is 5.10 Å². The molecule has 130 valence electrons. The second kappa shape index (κ2) is 5.91. The second-order valence-electron chi connectivity index (χ2n) is 7.30. The van der Waals surface area contributed by atoms with E-state index in [1.165, 1.54) is 12.8 Å². The Kier molecular flexibility index (Phi) is 3.55. The molecule has 25 heavy (non-hydrogen) atoms. The average Bonchev–Trinajstić information content (AvgIpc) is 3.20. The van der Waals surface area contributed by atoms with Crippen molar-refractivity contribution in [1.82, 2.24) is 30.1 Å². The molecular formula is C18H22N6O. The maximum absolute atomic E-state index is 6.07. The summed E-state index contributed by atoms with van der Waals surface area (Å²) >= 11 is 0. The van der Waals surface area contributed by atoms with Crippen LogP contribution in [0.4, 0.5) is 0 Å². The number of fused-ring (bicyclic) bond motifs is 1. The van der Waals surface area contributed by atoms with Crippen LogP contribution in [0.3, 0.4) is 0 Å². The molecule has 0 spiro atoms. The molecule has 0 bridgehead atoms. The number of oxazole rings is 1. The quantitative estimate of drug-likeness (QED) is 0.728. The molecule has 1 saturated carbocycles. The van der Waals surface area contributed by atoms with E-state index in [9.17, 15) is 0 Å². The first-order valence-electron chi connectivity index (χ1n) is 9.13. The maximum atomic E-state index is 6.07. The molecule has 2 fully saturated rings.